The number of nitrogens with one attached hydrogen (secondary N) is 1. The van der Waals surface area contributed by atoms with E-state index in [-0.39, 0.29) is 21.7 Å². The van der Waals surface area contributed by atoms with Gasteiger partial charge in [0.15, 0.2) is 0 Å². The molecule has 1 aliphatic heterocycles. The minimum Gasteiger partial charge on any atom is -0.370 e. The highest BCUT2D eigenvalue weighted by atomic mass is 35.5. The first-order valence-electron chi connectivity index (χ1n) is 11.3. The number of rotatable bonds is 6. The Morgan fingerprint density at radius 3 is 2.81 bits per heavy atom. The van der Waals surface area contributed by atoms with Gasteiger partial charge < -0.3 is 14.6 Å². The predicted molar refractivity (Wildman–Crippen MR) is 129 cm³/mol. The van der Waals surface area contributed by atoms with Crippen LogP contribution in [-0.4, -0.2) is 57.8 Å². The first kappa shape index (κ1) is 24.3. The molecule has 3 aromatic heterocycles. The zero-order valence-electron chi connectivity index (χ0n) is 19.2. The number of alkyl halides is 2. The van der Waals surface area contributed by atoms with Crippen LogP contribution in [0.15, 0.2) is 41.5 Å². The van der Waals surface area contributed by atoms with Gasteiger partial charge >= 0.3 is 0 Å². The third kappa shape index (κ3) is 4.56. The Kier molecular flexibility index (Phi) is 6.67. The molecule has 0 radical (unpaired) electrons. The lowest BCUT2D eigenvalue weighted by molar-refractivity contribution is 0.0394. The van der Waals surface area contributed by atoms with Crippen LogP contribution >= 0.6 is 11.6 Å². The van der Waals surface area contributed by atoms with Gasteiger partial charge in [-0.3, -0.25) is 9.48 Å². The van der Waals surface area contributed by atoms with E-state index >= 15 is 0 Å². The van der Waals surface area contributed by atoms with Crippen LogP contribution in [0, 0.1) is 12.7 Å². The molecule has 1 saturated heterocycles. The fraction of sp³-hybridized carbons (Fsp3) is 0.333. The normalized spacial score (nSPS) is 16.3. The van der Waals surface area contributed by atoms with Crippen molar-refractivity contribution in [1.82, 2.24) is 24.7 Å². The number of benzene rings is 1. The largest absolute Gasteiger partial charge is 0.370 e. The van der Waals surface area contributed by atoms with Gasteiger partial charge in [-0.15, -0.1) is 0 Å². The maximum atomic E-state index is 14.9. The van der Waals surface area contributed by atoms with Crippen molar-refractivity contribution in [3.05, 3.63) is 69.2 Å². The molecule has 0 bridgehead atoms. The summed E-state index contributed by atoms with van der Waals surface area (Å²) in [5, 5.41) is 4.47. The van der Waals surface area contributed by atoms with Crippen LogP contribution in [0.2, 0.25) is 5.02 Å². The number of aromatic nitrogens is 5. The van der Waals surface area contributed by atoms with Crippen molar-refractivity contribution in [2.75, 3.05) is 37.9 Å². The number of nitrogens with zero attached hydrogens (tertiary/aromatic N) is 5. The summed E-state index contributed by atoms with van der Waals surface area (Å²) in [6, 6.07) is 4.87. The molecule has 0 saturated carbocycles. The van der Waals surface area contributed by atoms with E-state index in [2.05, 4.69) is 20.1 Å². The van der Waals surface area contributed by atoms with Gasteiger partial charge in [0.05, 0.1) is 29.4 Å². The number of H-pyrrole nitrogens is 1. The predicted octanol–water partition coefficient (Wildman–Crippen LogP) is 4.34. The Morgan fingerprint density at radius 1 is 1.25 bits per heavy atom. The van der Waals surface area contributed by atoms with Crippen molar-refractivity contribution in [3.63, 3.8) is 0 Å². The smallest absolute Gasteiger partial charge is 0.260 e. The van der Waals surface area contributed by atoms with E-state index in [1.807, 2.05) is 4.90 Å². The fourth-order valence-corrected chi connectivity index (χ4v) is 4.42. The number of anilines is 1. The van der Waals surface area contributed by atoms with Crippen molar-refractivity contribution < 1.29 is 17.9 Å². The molecule has 8 nitrogen and oxygen atoms in total. The van der Waals surface area contributed by atoms with E-state index in [9.17, 15) is 18.0 Å². The number of fused-ring (bicyclic) bond motifs is 1. The molecule has 1 atom stereocenters. The van der Waals surface area contributed by atoms with Gasteiger partial charge in [-0.25, -0.2) is 23.1 Å². The van der Waals surface area contributed by atoms with E-state index < -0.39 is 36.9 Å². The molecular weight excluding hydrogens is 497 g/mol. The second kappa shape index (κ2) is 9.90. The quantitative estimate of drug-likeness (QED) is 0.408. The highest BCUT2D eigenvalue weighted by molar-refractivity contribution is 6.30. The molecule has 0 unspecified atom stereocenters. The van der Waals surface area contributed by atoms with Crippen LogP contribution in [0.4, 0.5) is 19.0 Å². The molecule has 4 heterocycles. The van der Waals surface area contributed by atoms with Crippen molar-refractivity contribution in [3.8, 4) is 11.3 Å². The standard InChI is InChI=1S/C24H22ClF3N6O2/c1-13-30-19-7-21(32-23(22(19)24(35)31-13)17-3-2-15(25)6-18(17)28)33-4-5-36-20(12-33)14-10-29-34(11-14)16(8-26)9-27/h2-3,6-7,10-11,16,20H,4-5,8-9,12H2,1H3,(H,30,31,35)/t20-/m1/s1. The van der Waals surface area contributed by atoms with Crippen molar-refractivity contribution >= 4 is 28.3 Å². The zero-order chi connectivity index (χ0) is 25.4. The van der Waals surface area contributed by atoms with E-state index in [1.165, 1.54) is 23.0 Å². The topological polar surface area (TPSA) is 88.9 Å². The number of aromatic amines is 1. The summed E-state index contributed by atoms with van der Waals surface area (Å²) in [5.74, 6) is 0.279. The highest BCUT2D eigenvalue weighted by Gasteiger charge is 2.27. The summed E-state index contributed by atoms with van der Waals surface area (Å²) < 4.78 is 48.2. The maximum Gasteiger partial charge on any atom is 0.260 e. The van der Waals surface area contributed by atoms with Crippen LogP contribution in [-0.2, 0) is 4.74 Å². The molecule has 1 fully saturated rings. The summed E-state index contributed by atoms with van der Waals surface area (Å²) >= 11 is 5.93. The Balaban J connectivity index is 1.55. The van der Waals surface area contributed by atoms with Crippen LogP contribution in [0.3, 0.4) is 0 Å². The second-order valence-corrected chi connectivity index (χ2v) is 8.96. The lowest BCUT2D eigenvalue weighted by Crippen LogP contribution is -2.39. The van der Waals surface area contributed by atoms with Crippen LogP contribution in [0.1, 0.15) is 23.5 Å². The fourth-order valence-electron chi connectivity index (χ4n) is 4.26. The molecule has 1 aliphatic rings. The monoisotopic (exact) mass is 518 g/mol. The lowest BCUT2D eigenvalue weighted by atomic mass is 10.1. The Bertz CT molecular complexity index is 1470. The molecule has 188 valence electrons. The summed E-state index contributed by atoms with van der Waals surface area (Å²) in [6.45, 7) is 1.10. The van der Waals surface area contributed by atoms with Crippen molar-refractivity contribution in [2.45, 2.75) is 19.1 Å². The van der Waals surface area contributed by atoms with Gasteiger partial charge in [0.2, 0.25) is 0 Å². The van der Waals surface area contributed by atoms with Crippen LogP contribution in [0.5, 0.6) is 0 Å². The summed E-state index contributed by atoms with van der Waals surface area (Å²) in [4.78, 5) is 26.5. The minimum atomic E-state index is -0.982. The molecule has 0 spiro atoms. The number of ether oxygens (including phenoxy) is 1. The number of aryl methyl sites for hydroxylation is 1. The average molecular weight is 519 g/mol. The number of halogens is 4. The Morgan fingerprint density at radius 2 is 2.06 bits per heavy atom. The second-order valence-electron chi connectivity index (χ2n) is 8.52. The van der Waals surface area contributed by atoms with E-state index in [0.717, 1.165) is 6.07 Å². The maximum absolute atomic E-state index is 14.9. The first-order valence-corrected chi connectivity index (χ1v) is 11.7. The van der Waals surface area contributed by atoms with Crippen molar-refractivity contribution in [2.24, 2.45) is 0 Å². The van der Waals surface area contributed by atoms with Crippen LogP contribution < -0.4 is 10.5 Å². The summed E-state index contributed by atoms with van der Waals surface area (Å²) in [7, 11) is 0. The summed E-state index contributed by atoms with van der Waals surface area (Å²) in [6.07, 6.45) is 2.67. The highest BCUT2D eigenvalue weighted by Crippen LogP contribution is 2.32. The molecule has 1 N–H and O–H groups in total. The Labute approximate surface area is 208 Å². The molecule has 4 aromatic rings. The molecule has 1 aromatic carbocycles. The molecule has 36 heavy (non-hydrogen) atoms. The van der Waals surface area contributed by atoms with Crippen molar-refractivity contribution in [1.29, 1.82) is 0 Å². The number of hydrogen-bond acceptors (Lipinski definition) is 6. The molecule has 5 rings (SSSR count). The van der Waals surface area contributed by atoms with Gasteiger partial charge in [-0.1, -0.05) is 11.6 Å². The molecule has 12 heteroatoms. The van der Waals surface area contributed by atoms with Gasteiger partial charge in [-0.05, 0) is 25.1 Å². The molecule has 0 aliphatic carbocycles. The third-order valence-corrected chi connectivity index (χ3v) is 6.33. The van der Waals surface area contributed by atoms with Crippen LogP contribution in [0.25, 0.3) is 22.2 Å². The minimum absolute atomic E-state index is 0.122. The lowest BCUT2D eigenvalue weighted by Gasteiger charge is -2.33. The molecular formula is C24H22ClF3N6O2. The van der Waals surface area contributed by atoms with Gasteiger partial charge in [0, 0.05) is 41.5 Å². The molecule has 0 amide bonds. The average Bonchev–Trinajstić information content (AvgIpc) is 3.34. The van der Waals surface area contributed by atoms with Gasteiger partial charge in [0.25, 0.3) is 5.56 Å². The SMILES string of the molecule is Cc1nc2cc(N3CCO[C@@H](c4cnn(C(CF)CF)c4)C3)nc(-c3ccc(Cl)cc3F)c2c(=O)[nH]1. The van der Waals surface area contributed by atoms with Gasteiger partial charge in [-0.2, -0.15) is 5.10 Å². The summed E-state index contributed by atoms with van der Waals surface area (Å²) in [5.41, 5.74) is 0.882. The Hall–Kier alpha value is -3.44. The number of morpholine rings is 1. The number of pyridine rings is 1. The first-order chi connectivity index (χ1) is 17.4. The van der Waals surface area contributed by atoms with Gasteiger partial charge in [0.1, 0.15) is 43.0 Å². The van der Waals surface area contributed by atoms with E-state index in [4.69, 9.17) is 16.3 Å². The third-order valence-electron chi connectivity index (χ3n) is 6.10. The zero-order valence-corrected chi connectivity index (χ0v) is 20.0. The van der Waals surface area contributed by atoms with E-state index in [1.54, 1.807) is 19.2 Å². The van der Waals surface area contributed by atoms with E-state index in [0.29, 0.717) is 42.4 Å². The number of hydrogen-bond donors (Lipinski definition) is 1.